The Hall–Kier alpha value is -2.78. The van der Waals surface area contributed by atoms with Crippen LogP contribution in [0, 0.1) is 0 Å². The first-order valence-electron chi connectivity index (χ1n) is 8.36. The van der Waals surface area contributed by atoms with Gasteiger partial charge in [-0.3, -0.25) is 9.69 Å². The van der Waals surface area contributed by atoms with Gasteiger partial charge in [0.2, 0.25) is 0 Å². The number of amides is 1. The summed E-state index contributed by atoms with van der Waals surface area (Å²) in [5.41, 5.74) is -0.461. The van der Waals surface area contributed by atoms with Gasteiger partial charge in [-0.05, 0) is 36.4 Å². The molecule has 0 atom stereocenters. The molecule has 0 aliphatic carbocycles. The van der Waals surface area contributed by atoms with Crippen LogP contribution in [-0.2, 0) is 17.5 Å². The van der Waals surface area contributed by atoms with Crippen LogP contribution in [0.3, 0.4) is 0 Å². The molecule has 4 rings (SSSR count). The topological polar surface area (TPSA) is 46.6 Å². The summed E-state index contributed by atoms with van der Waals surface area (Å²) in [4.78, 5) is 14.4. The van der Waals surface area contributed by atoms with E-state index in [9.17, 15) is 18.0 Å². The molecule has 2 aromatic heterocycles. The first-order chi connectivity index (χ1) is 13.8. The van der Waals surface area contributed by atoms with Gasteiger partial charge >= 0.3 is 6.18 Å². The van der Waals surface area contributed by atoms with E-state index in [1.165, 1.54) is 29.4 Å². The van der Waals surface area contributed by atoms with Gasteiger partial charge in [0.25, 0.3) is 5.91 Å². The van der Waals surface area contributed by atoms with Gasteiger partial charge in [0.15, 0.2) is 0 Å². The van der Waals surface area contributed by atoms with E-state index < -0.39 is 11.7 Å². The van der Waals surface area contributed by atoms with Crippen LogP contribution in [-0.4, -0.2) is 15.1 Å². The number of halogens is 3. The first-order valence-corrected chi connectivity index (χ1v) is 9.59. The molecule has 4 nitrogen and oxygen atoms in total. The van der Waals surface area contributed by atoms with Crippen LogP contribution in [0.1, 0.15) is 17.1 Å². The minimum atomic E-state index is -4.44. The Morgan fingerprint density at radius 2 is 1.97 bits per heavy atom. The third-order valence-corrected chi connectivity index (χ3v) is 5.52. The summed E-state index contributed by atoms with van der Waals surface area (Å²) in [5, 5.41) is 0. The second kappa shape index (κ2) is 7.57. The molecule has 3 heterocycles. The molecule has 0 unspecified atom stereocenters. The summed E-state index contributed by atoms with van der Waals surface area (Å²) in [6.45, 7) is 0.225. The molecule has 29 heavy (non-hydrogen) atoms. The van der Waals surface area contributed by atoms with Crippen LogP contribution >= 0.6 is 24.0 Å². The van der Waals surface area contributed by atoms with Gasteiger partial charge in [-0.1, -0.05) is 36.1 Å². The zero-order valence-electron chi connectivity index (χ0n) is 14.6. The molecule has 9 heteroatoms. The van der Waals surface area contributed by atoms with E-state index in [2.05, 4.69) is 0 Å². The van der Waals surface area contributed by atoms with Gasteiger partial charge in [0.05, 0.1) is 23.3 Å². The van der Waals surface area contributed by atoms with Crippen LogP contribution in [0.2, 0.25) is 0 Å². The van der Waals surface area contributed by atoms with Crippen LogP contribution < -0.4 is 0 Å². The summed E-state index contributed by atoms with van der Waals surface area (Å²) in [6, 6.07) is 11.5. The number of hydrogen-bond acceptors (Lipinski definition) is 5. The van der Waals surface area contributed by atoms with E-state index >= 15 is 0 Å². The Bertz CT molecular complexity index is 1100. The number of furan rings is 2. The fraction of sp³-hybridized carbons (Fsp3) is 0.100. The van der Waals surface area contributed by atoms with Crippen molar-refractivity contribution in [3.05, 3.63) is 76.8 Å². The highest BCUT2D eigenvalue weighted by Crippen LogP contribution is 2.36. The van der Waals surface area contributed by atoms with Crippen molar-refractivity contribution >= 4 is 40.3 Å². The molecule has 0 saturated carbocycles. The highest BCUT2D eigenvalue weighted by molar-refractivity contribution is 8.26. The summed E-state index contributed by atoms with van der Waals surface area (Å²) in [6.07, 6.45) is -1.40. The van der Waals surface area contributed by atoms with Crippen LogP contribution in [0.4, 0.5) is 13.2 Å². The van der Waals surface area contributed by atoms with Gasteiger partial charge in [-0.15, -0.1) is 0 Å². The maximum atomic E-state index is 12.9. The SMILES string of the molecule is O=C1/C(=C/c2ccc(-c3cccc(C(F)(F)F)c3)o2)SC(=S)N1Cc1ccco1. The number of nitrogens with zero attached hydrogens (tertiary/aromatic N) is 1. The minimum absolute atomic E-state index is 0.225. The smallest absolute Gasteiger partial charge is 0.416 e. The molecule has 0 bridgehead atoms. The van der Waals surface area contributed by atoms with Crippen molar-refractivity contribution in [2.24, 2.45) is 0 Å². The van der Waals surface area contributed by atoms with Crippen molar-refractivity contribution in [3.8, 4) is 11.3 Å². The third-order valence-electron chi connectivity index (χ3n) is 4.14. The largest absolute Gasteiger partial charge is 0.467 e. The van der Waals surface area contributed by atoms with Crippen LogP contribution in [0.5, 0.6) is 0 Å². The van der Waals surface area contributed by atoms with Crippen LogP contribution in [0.15, 0.2) is 68.5 Å². The van der Waals surface area contributed by atoms with Gasteiger partial charge in [0, 0.05) is 11.6 Å². The lowest BCUT2D eigenvalue weighted by Crippen LogP contribution is -2.27. The zero-order chi connectivity index (χ0) is 20.6. The quantitative estimate of drug-likeness (QED) is 0.374. The molecule has 1 fully saturated rings. The average molecular weight is 435 g/mol. The molecule has 1 saturated heterocycles. The number of carbonyl (C=O) groups excluding carboxylic acids is 1. The van der Waals surface area contributed by atoms with Crippen LogP contribution in [0.25, 0.3) is 17.4 Å². The third kappa shape index (κ3) is 4.15. The van der Waals surface area contributed by atoms with E-state index in [1.54, 1.807) is 24.3 Å². The lowest BCUT2D eigenvalue weighted by molar-refractivity contribution is -0.137. The number of rotatable bonds is 4. The Morgan fingerprint density at radius 1 is 1.14 bits per heavy atom. The zero-order valence-corrected chi connectivity index (χ0v) is 16.2. The number of hydrogen-bond donors (Lipinski definition) is 0. The molecule has 1 aliphatic rings. The second-order valence-corrected chi connectivity index (χ2v) is 7.80. The van der Waals surface area contributed by atoms with Crippen molar-refractivity contribution in [1.29, 1.82) is 0 Å². The molecular formula is C20H12F3NO3S2. The summed E-state index contributed by atoms with van der Waals surface area (Å²) < 4.78 is 50.0. The number of alkyl halides is 3. The summed E-state index contributed by atoms with van der Waals surface area (Å²) in [7, 11) is 0. The Labute approximate surface area is 173 Å². The standard InChI is InChI=1S/C20H12F3NO3S2/c21-20(22,23)13-4-1-3-12(9-13)16-7-6-14(27-16)10-17-18(25)24(19(28)29-17)11-15-5-2-8-26-15/h1-10H,11H2/b17-10-. The molecule has 3 aromatic rings. The van der Waals surface area contributed by atoms with Crippen molar-refractivity contribution in [2.45, 2.75) is 12.7 Å². The molecule has 1 amide bonds. The Morgan fingerprint density at radius 3 is 2.69 bits per heavy atom. The fourth-order valence-electron chi connectivity index (χ4n) is 2.76. The van der Waals surface area contributed by atoms with Crippen molar-refractivity contribution in [1.82, 2.24) is 4.90 Å². The molecule has 1 aliphatic heterocycles. The Balaban J connectivity index is 1.55. The Kier molecular flexibility index (Phi) is 5.10. The summed E-state index contributed by atoms with van der Waals surface area (Å²) in [5.74, 6) is 0.935. The second-order valence-electron chi connectivity index (χ2n) is 6.13. The molecule has 0 radical (unpaired) electrons. The molecule has 1 aromatic carbocycles. The van der Waals surface area contributed by atoms with E-state index in [1.807, 2.05) is 0 Å². The fourth-order valence-corrected chi connectivity index (χ4v) is 3.99. The lowest BCUT2D eigenvalue weighted by Gasteiger charge is -2.11. The van der Waals surface area contributed by atoms with E-state index in [4.69, 9.17) is 21.1 Å². The lowest BCUT2D eigenvalue weighted by atomic mass is 10.1. The number of benzene rings is 1. The molecule has 0 spiro atoms. The van der Waals surface area contributed by atoms with Gasteiger partial charge in [-0.2, -0.15) is 13.2 Å². The molecule has 0 N–H and O–H groups in total. The van der Waals surface area contributed by atoms with Crippen molar-refractivity contribution in [3.63, 3.8) is 0 Å². The molecule has 148 valence electrons. The van der Waals surface area contributed by atoms with Gasteiger partial charge in [-0.25, -0.2) is 0 Å². The number of thioether (sulfide) groups is 1. The van der Waals surface area contributed by atoms with Gasteiger partial charge in [0.1, 0.15) is 21.6 Å². The van der Waals surface area contributed by atoms with E-state index in [-0.39, 0.29) is 18.2 Å². The molecular weight excluding hydrogens is 423 g/mol. The average Bonchev–Trinajstić information content (AvgIpc) is 3.40. The van der Waals surface area contributed by atoms with Crippen molar-refractivity contribution in [2.75, 3.05) is 0 Å². The van der Waals surface area contributed by atoms with E-state index in [0.29, 0.717) is 26.3 Å². The number of thiocarbonyl (C=S) groups is 1. The van der Waals surface area contributed by atoms with E-state index in [0.717, 1.165) is 23.9 Å². The highest BCUT2D eigenvalue weighted by Gasteiger charge is 2.33. The normalized spacial score (nSPS) is 16.2. The van der Waals surface area contributed by atoms with Gasteiger partial charge < -0.3 is 8.83 Å². The number of carbonyl (C=O) groups is 1. The predicted molar refractivity (Wildman–Crippen MR) is 107 cm³/mol. The first kappa shape index (κ1) is 19.5. The highest BCUT2D eigenvalue weighted by atomic mass is 32.2. The van der Waals surface area contributed by atoms with Crippen molar-refractivity contribution < 1.29 is 26.8 Å². The maximum Gasteiger partial charge on any atom is 0.416 e. The summed E-state index contributed by atoms with van der Waals surface area (Å²) >= 11 is 6.39. The predicted octanol–water partition coefficient (Wildman–Crippen LogP) is 5.96. The minimum Gasteiger partial charge on any atom is -0.467 e. The maximum absolute atomic E-state index is 12.9. The monoisotopic (exact) mass is 435 g/mol.